The number of rotatable bonds is 40. The molecule has 336 valence electrons. The third kappa shape index (κ3) is 29.5. The lowest BCUT2D eigenvalue weighted by atomic mass is 9.99. The Kier molecular flexibility index (Phi) is 36.6. The van der Waals surface area contributed by atoms with E-state index in [1.807, 2.05) is 0 Å². The van der Waals surface area contributed by atoms with Gasteiger partial charge in [-0.3, -0.25) is 4.79 Å². The van der Waals surface area contributed by atoms with E-state index in [1.165, 1.54) is 148 Å². The molecule has 0 aliphatic carbocycles. The lowest BCUT2D eigenvalue weighted by Gasteiger charge is -2.40. The predicted molar refractivity (Wildman–Crippen MR) is 235 cm³/mol. The summed E-state index contributed by atoms with van der Waals surface area (Å²) in [6.07, 6.45) is 39.2. The molecule has 7 atom stereocenters. The van der Waals surface area contributed by atoms with E-state index in [9.17, 15) is 30.3 Å². The van der Waals surface area contributed by atoms with Crippen LogP contribution in [0.5, 0.6) is 0 Å². The van der Waals surface area contributed by atoms with Crippen LogP contribution in [0.3, 0.4) is 0 Å². The van der Waals surface area contributed by atoms with Crippen molar-refractivity contribution in [2.24, 2.45) is 0 Å². The van der Waals surface area contributed by atoms with Gasteiger partial charge in [-0.15, -0.1) is 0 Å². The Labute approximate surface area is 349 Å². The molecule has 1 amide bonds. The van der Waals surface area contributed by atoms with Crippen LogP contribution in [0.25, 0.3) is 0 Å². The number of ether oxygens (including phenoxy) is 2. The molecule has 0 aromatic heterocycles. The molecule has 0 bridgehead atoms. The van der Waals surface area contributed by atoms with Crippen molar-refractivity contribution in [3.8, 4) is 0 Å². The maximum absolute atomic E-state index is 12.9. The monoisotopic (exact) mass is 810 g/mol. The normalized spacial score (nSPS) is 21.1. The zero-order valence-corrected chi connectivity index (χ0v) is 36.9. The fourth-order valence-corrected chi connectivity index (χ4v) is 7.66. The molecule has 0 aromatic carbocycles. The Hall–Kier alpha value is -1.33. The van der Waals surface area contributed by atoms with Crippen LogP contribution >= 0.6 is 0 Å². The molecule has 0 radical (unpaired) electrons. The number of carbonyl (C=O) groups excluding carboxylic acids is 1. The average molecular weight is 810 g/mol. The third-order valence-corrected chi connectivity index (χ3v) is 11.6. The molecular weight excluding hydrogens is 719 g/mol. The smallest absolute Gasteiger partial charge is 0.220 e. The van der Waals surface area contributed by atoms with Gasteiger partial charge in [0.2, 0.25) is 5.91 Å². The number of allylic oxidation sites excluding steroid dienone is 4. The number of carbonyl (C=O) groups is 1. The van der Waals surface area contributed by atoms with Crippen LogP contribution in [-0.2, 0) is 14.3 Å². The zero-order chi connectivity index (χ0) is 41.6. The van der Waals surface area contributed by atoms with E-state index < -0.39 is 49.5 Å². The number of aliphatic hydroxyl groups excluding tert-OH is 5. The molecule has 0 aromatic rings. The highest BCUT2D eigenvalue weighted by molar-refractivity contribution is 5.76. The van der Waals surface area contributed by atoms with E-state index in [1.54, 1.807) is 0 Å². The molecule has 0 spiro atoms. The molecule has 0 saturated carbocycles. The van der Waals surface area contributed by atoms with Crippen LogP contribution < -0.4 is 5.32 Å². The largest absolute Gasteiger partial charge is 0.394 e. The van der Waals surface area contributed by atoms with Gasteiger partial charge in [-0.2, -0.15) is 0 Å². The van der Waals surface area contributed by atoms with Crippen LogP contribution in [0.2, 0.25) is 0 Å². The molecule has 9 heteroatoms. The Bertz CT molecular complexity index is 945. The molecule has 1 aliphatic rings. The average Bonchev–Trinajstić information content (AvgIpc) is 3.21. The van der Waals surface area contributed by atoms with Gasteiger partial charge in [-0.25, -0.2) is 0 Å². The van der Waals surface area contributed by atoms with Gasteiger partial charge in [0.15, 0.2) is 6.29 Å². The number of aliphatic hydroxyl groups is 5. The molecule has 1 saturated heterocycles. The van der Waals surface area contributed by atoms with Crippen LogP contribution in [0.4, 0.5) is 0 Å². The first kappa shape index (κ1) is 53.7. The first-order chi connectivity index (χ1) is 27.8. The lowest BCUT2D eigenvalue weighted by Crippen LogP contribution is -2.60. The maximum Gasteiger partial charge on any atom is 0.220 e. The van der Waals surface area contributed by atoms with Gasteiger partial charge in [-0.1, -0.05) is 192 Å². The topological polar surface area (TPSA) is 149 Å². The van der Waals surface area contributed by atoms with Crippen LogP contribution in [0, 0.1) is 0 Å². The summed E-state index contributed by atoms with van der Waals surface area (Å²) in [5.41, 5.74) is 0. The molecule has 1 aliphatic heterocycles. The lowest BCUT2D eigenvalue weighted by molar-refractivity contribution is -0.302. The quantitative estimate of drug-likeness (QED) is 0.0265. The number of amides is 1. The van der Waals surface area contributed by atoms with E-state index >= 15 is 0 Å². The maximum atomic E-state index is 12.9. The Morgan fingerprint density at radius 2 is 1.04 bits per heavy atom. The highest BCUT2D eigenvalue weighted by Crippen LogP contribution is 2.23. The molecular formula is C48H91NO8. The minimum Gasteiger partial charge on any atom is -0.394 e. The van der Waals surface area contributed by atoms with Crippen LogP contribution in [0.1, 0.15) is 219 Å². The second-order valence-corrected chi connectivity index (χ2v) is 16.9. The van der Waals surface area contributed by atoms with Gasteiger partial charge in [0.25, 0.3) is 0 Å². The fraction of sp³-hybridized carbons (Fsp3) is 0.896. The number of hydrogen-bond donors (Lipinski definition) is 6. The van der Waals surface area contributed by atoms with Crippen molar-refractivity contribution < 1.29 is 39.8 Å². The van der Waals surface area contributed by atoms with Crippen molar-refractivity contribution in [3.05, 3.63) is 24.3 Å². The van der Waals surface area contributed by atoms with E-state index in [-0.39, 0.29) is 12.5 Å². The molecule has 9 nitrogen and oxygen atoms in total. The number of nitrogens with one attached hydrogen (secondary N) is 1. The SMILES string of the molecule is CCCCCCCCCCC/C=C\C/C=C\CCCCCCCCCCCC(=O)NC(COC1OC(CO)C(O)C(O)C1O)C(O)CCCCCCCCCCC. The van der Waals surface area contributed by atoms with Crippen LogP contribution in [-0.4, -0.2) is 87.5 Å². The molecule has 1 heterocycles. The van der Waals surface area contributed by atoms with Crippen molar-refractivity contribution in [2.75, 3.05) is 13.2 Å². The summed E-state index contributed by atoms with van der Waals surface area (Å²) in [6, 6.07) is -0.717. The summed E-state index contributed by atoms with van der Waals surface area (Å²) in [6.45, 7) is 3.81. The van der Waals surface area contributed by atoms with E-state index in [0.717, 1.165) is 44.9 Å². The van der Waals surface area contributed by atoms with Gasteiger partial charge in [0.05, 0.1) is 25.4 Å². The van der Waals surface area contributed by atoms with Crippen molar-refractivity contribution >= 4 is 5.91 Å². The molecule has 1 rings (SSSR count). The highest BCUT2D eigenvalue weighted by Gasteiger charge is 2.44. The predicted octanol–water partition coefficient (Wildman–Crippen LogP) is 10.3. The van der Waals surface area contributed by atoms with Gasteiger partial charge >= 0.3 is 0 Å². The fourth-order valence-electron chi connectivity index (χ4n) is 7.66. The van der Waals surface area contributed by atoms with E-state index in [2.05, 4.69) is 43.5 Å². The summed E-state index contributed by atoms with van der Waals surface area (Å²) in [4.78, 5) is 12.9. The second-order valence-electron chi connectivity index (χ2n) is 16.9. The van der Waals surface area contributed by atoms with Crippen LogP contribution in [0.15, 0.2) is 24.3 Å². The van der Waals surface area contributed by atoms with E-state index in [0.29, 0.717) is 12.8 Å². The molecule has 7 unspecified atom stereocenters. The van der Waals surface area contributed by atoms with Gasteiger partial charge in [0, 0.05) is 6.42 Å². The molecule has 6 N–H and O–H groups in total. The van der Waals surface area contributed by atoms with Gasteiger partial charge in [-0.05, 0) is 44.9 Å². The number of hydrogen-bond acceptors (Lipinski definition) is 8. The minimum absolute atomic E-state index is 0.139. The Balaban J connectivity index is 2.20. The van der Waals surface area contributed by atoms with E-state index in [4.69, 9.17) is 9.47 Å². The van der Waals surface area contributed by atoms with Gasteiger partial charge < -0.3 is 40.3 Å². The second kappa shape index (κ2) is 38.8. The van der Waals surface area contributed by atoms with Crippen molar-refractivity contribution in [1.82, 2.24) is 5.32 Å². The first-order valence-electron chi connectivity index (χ1n) is 24.0. The minimum atomic E-state index is -1.55. The zero-order valence-electron chi connectivity index (χ0n) is 36.9. The Morgan fingerprint density at radius 3 is 1.51 bits per heavy atom. The summed E-state index contributed by atoms with van der Waals surface area (Å²) >= 11 is 0. The standard InChI is InChI=1S/C48H91NO8/c1-3-5-7-9-11-13-14-15-16-17-18-19-20-21-22-23-24-25-26-27-28-30-32-34-36-38-44(52)49-41(42(51)37-35-33-31-29-12-10-8-6-4-2)40-56-48-47(55)46(54)45(53)43(39-50)57-48/h18-19,21-22,41-43,45-48,50-51,53-55H,3-17,20,23-40H2,1-2H3,(H,49,52)/b19-18-,22-21-. The summed E-state index contributed by atoms with van der Waals surface area (Å²) < 4.78 is 11.2. The van der Waals surface area contributed by atoms with Crippen molar-refractivity contribution in [3.63, 3.8) is 0 Å². The summed E-state index contributed by atoms with van der Waals surface area (Å²) in [5, 5.41) is 54.2. The highest BCUT2D eigenvalue weighted by atomic mass is 16.7. The van der Waals surface area contributed by atoms with Crippen molar-refractivity contribution in [2.45, 2.75) is 262 Å². The number of unbranched alkanes of at least 4 members (excludes halogenated alkanes) is 26. The van der Waals surface area contributed by atoms with Gasteiger partial charge in [0.1, 0.15) is 24.4 Å². The third-order valence-electron chi connectivity index (χ3n) is 11.6. The van der Waals surface area contributed by atoms with Crippen molar-refractivity contribution in [1.29, 1.82) is 0 Å². The first-order valence-corrected chi connectivity index (χ1v) is 24.0. The Morgan fingerprint density at radius 1 is 0.596 bits per heavy atom. The summed E-state index contributed by atoms with van der Waals surface area (Å²) in [5.74, 6) is -0.150. The molecule has 57 heavy (non-hydrogen) atoms. The summed E-state index contributed by atoms with van der Waals surface area (Å²) in [7, 11) is 0. The molecule has 1 fully saturated rings.